The number of likely N-dealkylation sites (N-methyl/N-ethyl adjacent to an activating group) is 1. The lowest BCUT2D eigenvalue weighted by Crippen LogP contribution is -2.64. The summed E-state index contributed by atoms with van der Waals surface area (Å²) in [5.41, 5.74) is 0. The van der Waals surface area contributed by atoms with Crippen LogP contribution in [0.2, 0.25) is 0 Å². The molecule has 18 heavy (non-hydrogen) atoms. The van der Waals surface area contributed by atoms with Crippen molar-refractivity contribution in [2.24, 2.45) is 0 Å². The van der Waals surface area contributed by atoms with E-state index in [-0.39, 0.29) is 0 Å². The van der Waals surface area contributed by atoms with Crippen molar-refractivity contribution >= 4 is 11.9 Å². The van der Waals surface area contributed by atoms with Crippen molar-refractivity contribution < 1.29 is 39.9 Å². The van der Waals surface area contributed by atoms with Gasteiger partial charge in [-0.15, -0.1) is 0 Å². The minimum atomic E-state index is -2.01. The number of hydrogen-bond acceptors (Lipinski definition) is 8. The lowest BCUT2D eigenvalue weighted by molar-refractivity contribution is -0.305. The van der Waals surface area contributed by atoms with Gasteiger partial charge >= 0.3 is 0 Å². The summed E-state index contributed by atoms with van der Waals surface area (Å²) >= 11 is 0. The molecule has 1 rings (SSSR count). The Kier molecular flexibility index (Phi) is 4.59. The van der Waals surface area contributed by atoms with Gasteiger partial charge in [-0.05, 0) is 0 Å². The number of amides is 1. The molecule has 0 spiro atoms. The molecule has 1 aliphatic rings. The molecule has 1 aliphatic heterocycles. The molecule has 0 saturated carbocycles. The van der Waals surface area contributed by atoms with E-state index >= 15 is 0 Å². The van der Waals surface area contributed by atoms with E-state index in [0.29, 0.717) is 4.90 Å². The fourth-order valence-corrected chi connectivity index (χ4v) is 1.66. The van der Waals surface area contributed by atoms with Gasteiger partial charge in [0.2, 0.25) is 0 Å². The fourth-order valence-electron chi connectivity index (χ4n) is 1.66. The van der Waals surface area contributed by atoms with Crippen molar-refractivity contribution in [1.29, 1.82) is 0 Å². The van der Waals surface area contributed by atoms with Crippen LogP contribution < -0.4 is 5.11 Å². The van der Waals surface area contributed by atoms with Crippen LogP contribution in [-0.2, 0) is 14.3 Å². The predicted octanol–water partition coefficient (Wildman–Crippen LogP) is -5.01. The molecule has 0 radical (unpaired) electrons. The Morgan fingerprint density at radius 2 is 1.78 bits per heavy atom. The lowest BCUT2D eigenvalue weighted by atomic mass is 9.98. The molecule has 0 unspecified atom stereocenters. The molecule has 5 atom stereocenters. The zero-order valence-electron chi connectivity index (χ0n) is 9.46. The van der Waals surface area contributed by atoms with E-state index in [1.165, 1.54) is 0 Å². The highest BCUT2D eigenvalue weighted by Crippen LogP contribution is 2.22. The van der Waals surface area contributed by atoms with E-state index in [0.717, 1.165) is 7.05 Å². The van der Waals surface area contributed by atoms with Crippen LogP contribution in [0.15, 0.2) is 0 Å². The Morgan fingerprint density at radius 3 is 2.22 bits per heavy atom. The highest BCUT2D eigenvalue weighted by Gasteiger charge is 2.45. The average molecular weight is 264 g/mol. The molecule has 1 fully saturated rings. The Morgan fingerprint density at radius 1 is 1.22 bits per heavy atom. The van der Waals surface area contributed by atoms with Gasteiger partial charge in [0.05, 0.1) is 6.61 Å². The number of carbonyl (C=O) groups excluding carboxylic acids is 2. The molecule has 9 nitrogen and oxygen atoms in total. The normalized spacial score (nSPS) is 36.2. The molecule has 4 N–H and O–H groups in total. The first-order valence-corrected chi connectivity index (χ1v) is 5.10. The Labute approximate surface area is 102 Å². The number of aliphatic hydroxyl groups is 4. The smallest absolute Gasteiger partial charge is 0.271 e. The van der Waals surface area contributed by atoms with Crippen molar-refractivity contribution in [3.63, 3.8) is 0 Å². The van der Waals surface area contributed by atoms with Gasteiger partial charge in [0.25, 0.3) is 5.91 Å². The first-order valence-electron chi connectivity index (χ1n) is 5.10. The number of hydrogen-bond donors (Lipinski definition) is 4. The van der Waals surface area contributed by atoms with Crippen molar-refractivity contribution in [1.82, 2.24) is 4.90 Å². The number of rotatable bonds is 2. The van der Waals surface area contributed by atoms with Gasteiger partial charge in [0.1, 0.15) is 30.4 Å². The Bertz CT molecular complexity index is 333. The van der Waals surface area contributed by atoms with Gasteiger partial charge in [-0.25, -0.2) is 0 Å². The summed E-state index contributed by atoms with van der Waals surface area (Å²) in [5.74, 6) is -3.46. The van der Waals surface area contributed by atoms with Crippen LogP contribution in [0.4, 0.5) is 0 Å². The highest BCUT2D eigenvalue weighted by molar-refractivity contribution is 6.30. The second-order valence-corrected chi connectivity index (χ2v) is 3.92. The number of ether oxygens (including phenoxy) is 1. The maximum atomic E-state index is 11.1. The van der Waals surface area contributed by atoms with Crippen LogP contribution >= 0.6 is 0 Å². The van der Waals surface area contributed by atoms with Gasteiger partial charge < -0.3 is 40.0 Å². The number of carboxylic acids is 1. The van der Waals surface area contributed by atoms with E-state index in [1.54, 1.807) is 0 Å². The second kappa shape index (κ2) is 5.59. The largest absolute Gasteiger partial charge is 0.540 e. The molecule has 1 amide bonds. The van der Waals surface area contributed by atoms with Crippen molar-refractivity contribution in [3.05, 3.63) is 0 Å². The monoisotopic (exact) mass is 264 g/mol. The van der Waals surface area contributed by atoms with Crippen molar-refractivity contribution in [3.8, 4) is 0 Å². The summed E-state index contributed by atoms with van der Waals surface area (Å²) in [7, 11) is 1.02. The van der Waals surface area contributed by atoms with Crippen LogP contribution in [0.25, 0.3) is 0 Å². The van der Waals surface area contributed by atoms with Crippen LogP contribution in [0.1, 0.15) is 0 Å². The van der Waals surface area contributed by atoms with E-state index in [4.69, 9.17) is 9.84 Å². The van der Waals surface area contributed by atoms with Gasteiger partial charge in [0.15, 0.2) is 6.23 Å². The number of nitrogens with zero attached hydrogens (tertiary/aromatic N) is 1. The predicted molar refractivity (Wildman–Crippen MR) is 51.5 cm³/mol. The molecule has 0 aromatic heterocycles. The van der Waals surface area contributed by atoms with Crippen LogP contribution in [0.3, 0.4) is 0 Å². The average Bonchev–Trinajstić information content (AvgIpc) is 2.34. The fraction of sp³-hybridized carbons (Fsp3) is 0.778. The highest BCUT2D eigenvalue weighted by atomic mass is 16.6. The molecule has 0 aliphatic carbocycles. The van der Waals surface area contributed by atoms with E-state index in [9.17, 15) is 30.0 Å². The maximum Gasteiger partial charge on any atom is 0.271 e. The maximum absolute atomic E-state index is 11.1. The standard InChI is InChI=1S/C9H15NO8/c1-10(7(15)9(16)17)8-6(14)5(13)4(12)3(2-11)18-8/h3-6,8,11-14H,2H2,1H3,(H,16,17)/p-1/t3-,4-,5+,6-,8-/m1/s1. The van der Waals surface area contributed by atoms with E-state index < -0.39 is 49.1 Å². The third kappa shape index (κ3) is 2.60. The number of aliphatic carboxylic acids is 1. The van der Waals surface area contributed by atoms with Gasteiger partial charge in [-0.1, -0.05) is 0 Å². The molecule has 1 saturated heterocycles. The summed E-state index contributed by atoms with van der Waals surface area (Å²) in [6.07, 6.45) is -7.70. The lowest BCUT2D eigenvalue weighted by Gasteiger charge is -2.43. The van der Waals surface area contributed by atoms with Gasteiger partial charge in [-0.2, -0.15) is 0 Å². The number of carboxylic acid groups (broad SMARTS) is 1. The molecule has 0 aromatic rings. The Hall–Kier alpha value is -1.26. The zero-order valence-corrected chi connectivity index (χ0v) is 9.46. The minimum absolute atomic E-state index is 0.512. The third-order valence-electron chi connectivity index (χ3n) is 2.74. The first kappa shape index (κ1) is 14.8. The molecule has 1 heterocycles. The number of aliphatic hydroxyl groups excluding tert-OH is 4. The number of carbonyl (C=O) groups is 2. The van der Waals surface area contributed by atoms with E-state index in [1.807, 2.05) is 0 Å². The quantitative estimate of drug-likeness (QED) is 0.362. The van der Waals surface area contributed by atoms with Crippen LogP contribution in [-0.4, -0.2) is 81.5 Å². The molecule has 104 valence electrons. The topological polar surface area (TPSA) is 151 Å². The van der Waals surface area contributed by atoms with Gasteiger partial charge in [0, 0.05) is 7.05 Å². The molecule has 9 heteroatoms. The van der Waals surface area contributed by atoms with E-state index in [2.05, 4.69) is 0 Å². The molecular weight excluding hydrogens is 250 g/mol. The van der Waals surface area contributed by atoms with Crippen molar-refractivity contribution in [2.45, 2.75) is 30.6 Å². The molecule has 0 aromatic carbocycles. The molecular formula is C9H14NO8-. The van der Waals surface area contributed by atoms with Crippen LogP contribution in [0, 0.1) is 0 Å². The van der Waals surface area contributed by atoms with Crippen LogP contribution in [0.5, 0.6) is 0 Å². The SMILES string of the molecule is CN(C(=O)C(=O)[O-])[C@@H]1O[C@H](CO)[C@@H](O)[C@H](O)[C@H]1O. The first-order chi connectivity index (χ1) is 8.31. The minimum Gasteiger partial charge on any atom is -0.540 e. The summed E-state index contributed by atoms with van der Waals surface area (Å²) in [6, 6.07) is 0. The summed E-state index contributed by atoms with van der Waals surface area (Å²) in [5, 5.41) is 47.8. The summed E-state index contributed by atoms with van der Waals surface area (Å²) in [6.45, 7) is -0.672. The molecule has 0 bridgehead atoms. The summed E-state index contributed by atoms with van der Waals surface area (Å²) < 4.78 is 4.97. The Balaban J connectivity index is 2.87. The summed E-state index contributed by atoms with van der Waals surface area (Å²) in [4.78, 5) is 22.0. The van der Waals surface area contributed by atoms with Crippen molar-refractivity contribution in [2.75, 3.05) is 13.7 Å². The second-order valence-electron chi connectivity index (χ2n) is 3.92. The third-order valence-corrected chi connectivity index (χ3v) is 2.74. The zero-order chi connectivity index (χ0) is 14.0. The van der Waals surface area contributed by atoms with Gasteiger partial charge in [-0.3, -0.25) is 4.79 Å².